The van der Waals surface area contributed by atoms with Gasteiger partial charge >= 0.3 is 6.18 Å². The zero-order valence-electron chi connectivity index (χ0n) is 18.2. The number of carbonyl (C=O) groups is 3. The molecule has 0 spiro atoms. The average Bonchev–Trinajstić information content (AvgIpc) is 3.13. The Bertz CT molecular complexity index is 1020. The maximum absolute atomic E-state index is 12.9. The number of benzene rings is 2. The number of rotatable bonds is 7. The van der Waals surface area contributed by atoms with E-state index in [2.05, 4.69) is 5.32 Å². The number of likely N-dealkylation sites (tertiary alicyclic amines) is 1. The van der Waals surface area contributed by atoms with Gasteiger partial charge in [-0.15, -0.1) is 0 Å². The van der Waals surface area contributed by atoms with Crippen molar-refractivity contribution in [3.63, 3.8) is 0 Å². The molecular weight excluding hydrogens is 439 g/mol. The summed E-state index contributed by atoms with van der Waals surface area (Å²) in [6.07, 6.45) is -4.48. The molecule has 1 heterocycles. The van der Waals surface area contributed by atoms with Gasteiger partial charge in [0.25, 0.3) is 5.91 Å². The predicted molar refractivity (Wildman–Crippen MR) is 114 cm³/mol. The molecule has 0 bridgehead atoms. The molecule has 1 saturated heterocycles. The molecule has 3 rings (SSSR count). The van der Waals surface area contributed by atoms with Crippen molar-refractivity contribution in [1.82, 2.24) is 9.80 Å². The summed E-state index contributed by atoms with van der Waals surface area (Å²) in [7, 11) is 3.25. The molecule has 1 unspecified atom stereocenters. The molecule has 0 radical (unpaired) electrons. The van der Waals surface area contributed by atoms with Crippen LogP contribution >= 0.6 is 0 Å². The molecule has 7 nitrogen and oxygen atoms in total. The Hall–Kier alpha value is -3.56. The number of hydrogen-bond acceptors (Lipinski definition) is 4. The Morgan fingerprint density at radius 2 is 1.85 bits per heavy atom. The monoisotopic (exact) mass is 463 g/mol. The van der Waals surface area contributed by atoms with Crippen molar-refractivity contribution < 1.29 is 32.3 Å². The molecule has 0 aromatic heterocycles. The van der Waals surface area contributed by atoms with Crippen LogP contribution in [0.3, 0.4) is 0 Å². The Kier molecular flexibility index (Phi) is 7.25. The highest BCUT2D eigenvalue weighted by Crippen LogP contribution is 2.30. The Labute approximate surface area is 189 Å². The molecular formula is C23H24F3N3O4. The summed E-state index contributed by atoms with van der Waals surface area (Å²) in [5.41, 5.74) is 0.0667. The second kappa shape index (κ2) is 9.93. The number of hydrogen-bond donors (Lipinski definition) is 1. The van der Waals surface area contributed by atoms with E-state index in [9.17, 15) is 27.6 Å². The Balaban J connectivity index is 1.54. The van der Waals surface area contributed by atoms with Crippen molar-refractivity contribution >= 4 is 23.4 Å². The molecule has 0 saturated carbocycles. The molecule has 2 aromatic rings. The number of amides is 3. The van der Waals surface area contributed by atoms with Crippen LogP contribution < -0.4 is 10.1 Å². The van der Waals surface area contributed by atoms with Crippen LogP contribution in [0.4, 0.5) is 18.9 Å². The second-order valence-electron chi connectivity index (χ2n) is 7.96. The molecule has 0 aliphatic carbocycles. The van der Waals surface area contributed by atoms with Crippen LogP contribution in [-0.4, -0.2) is 54.8 Å². The van der Waals surface area contributed by atoms with E-state index in [0.29, 0.717) is 17.0 Å². The third kappa shape index (κ3) is 6.47. The van der Waals surface area contributed by atoms with Crippen molar-refractivity contribution in [2.24, 2.45) is 5.92 Å². The van der Waals surface area contributed by atoms with E-state index in [1.165, 1.54) is 21.9 Å². The fourth-order valence-corrected chi connectivity index (χ4v) is 3.32. The maximum atomic E-state index is 12.9. The van der Waals surface area contributed by atoms with Crippen LogP contribution in [0, 0.1) is 5.92 Å². The summed E-state index contributed by atoms with van der Waals surface area (Å²) >= 11 is 0. The van der Waals surface area contributed by atoms with E-state index >= 15 is 0 Å². The molecule has 2 aromatic carbocycles. The molecule has 1 fully saturated rings. The summed E-state index contributed by atoms with van der Waals surface area (Å²) in [6, 6.07) is 11.3. The summed E-state index contributed by atoms with van der Waals surface area (Å²) in [5.74, 6) is -0.982. The van der Waals surface area contributed by atoms with Gasteiger partial charge in [-0.2, -0.15) is 13.2 Å². The van der Waals surface area contributed by atoms with Crippen molar-refractivity contribution in [2.75, 3.05) is 32.6 Å². The van der Waals surface area contributed by atoms with Gasteiger partial charge < -0.3 is 19.9 Å². The van der Waals surface area contributed by atoms with Gasteiger partial charge in [0.2, 0.25) is 11.8 Å². The summed E-state index contributed by atoms with van der Waals surface area (Å²) < 4.78 is 44.1. The molecule has 176 valence electrons. The number of likely N-dealkylation sites (N-methyl/N-ethyl adjacent to an activating group) is 1. The highest BCUT2D eigenvalue weighted by Gasteiger charge is 2.35. The predicted octanol–water partition coefficient (Wildman–Crippen LogP) is 3.16. The lowest BCUT2D eigenvalue weighted by molar-refractivity contribution is -0.137. The topological polar surface area (TPSA) is 79.0 Å². The first-order chi connectivity index (χ1) is 15.5. The fourth-order valence-electron chi connectivity index (χ4n) is 3.32. The first kappa shape index (κ1) is 24.1. The summed E-state index contributed by atoms with van der Waals surface area (Å²) in [4.78, 5) is 39.3. The fraction of sp³-hybridized carbons (Fsp3) is 0.348. The van der Waals surface area contributed by atoms with Crippen LogP contribution in [0.15, 0.2) is 48.5 Å². The number of halogens is 3. The largest absolute Gasteiger partial charge is 0.484 e. The van der Waals surface area contributed by atoms with Gasteiger partial charge in [0, 0.05) is 39.3 Å². The van der Waals surface area contributed by atoms with Gasteiger partial charge in [0.05, 0.1) is 11.5 Å². The molecule has 1 aliphatic rings. The minimum atomic E-state index is -4.46. The number of anilines is 1. The van der Waals surface area contributed by atoms with Crippen LogP contribution in [0.5, 0.6) is 5.75 Å². The molecule has 10 heteroatoms. The van der Waals surface area contributed by atoms with Gasteiger partial charge in [-0.25, -0.2) is 0 Å². The first-order valence-electron chi connectivity index (χ1n) is 10.2. The normalized spacial score (nSPS) is 16.0. The average molecular weight is 463 g/mol. The zero-order valence-corrected chi connectivity index (χ0v) is 18.2. The summed E-state index contributed by atoms with van der Waals surface area (Å²) in [5, 5.41) is 2.73. The van der Waals surface area contributed by atoms with E-state index in [-0.39, 0.29) is 43.8 Å². The maximum Gasteiger partial charge on any atom is 0.416 e. The standard InChI is InChI=1S/C23H24F3N3O4/c1-28(2)21(31)14-33-19-8-6-18(7-9-19)27-22(32)16-11-20(30)29(13-16)12-15-4-3-5-17(10-15)23(24,25)26/h3-10,16H,11-14H2,1-2H3,(H,27,32). The highest BCUT2D eigenvalue weighted by atomic mass is 19.4. The first-order valence-corrected chi connectivity index (χ1v) is 10.2. The lowest BCUT2D eigenvalue weighted by atomic mass is 10.1. The van der Waals surface area contributed by atoms with Gasteiger partial charge in [-0.05, 0) is 42.0 Å². The number of carbonyl (C=O) groups excluding carboxylic acids is 3. The molecule has 1 aliphatic heterocycles. The van der Waals surface area contributed by atoms with Crippen molar-refractivity contribution in [3.05, 3.63) is 59.7 Å². The molecule has 3 amide bonds. The van der Waals surface area contributed by atoms with Gasteiger partial charge in [-0.1, -0.05) is 12.1 Å². The highest BCUT2D eigenvalue weighted by molar-refractivity contribution is 5.97. The molecule has 1 atom stereocenters. The number of nitrogens with one attached hydrogen (secondary N) is 1. The van der Waals surface area contributed by atoms with E-state index in [4.69, 9.17) is 4.74 Å². The van der Waals surface area contributed by atoms with Crippen molar-refractivity contribution in [3.8, 4) is 5.75 Å². The van der Waals surface area contributed by atoms with E-state index in [1.54, 1.807) is 38.4 Å². The lowest BCUT2D eigenvalue weighted by Crippen LogP contribution is -2.28. The minimum absolute atomic E-state index is 0.00420. The minimum Gasteiger partial charge on any atom is -0.484 e. The Morgan fingerprint density at radius 1 is 1.15 bits per heavy atom. The van der Waals surface area contributed by atoms with Gasteiger partial charge in [0.1, 0.15) is 5.75 Å². The number of ether oxygens (including phenoxy) is 1. The quantitative estimate of drug-likeness (QED) is 0.684. The SMILES string of the molecule is CN(C)C(=O)COc1ccc(NC(=O)C2CC(=O)N(Cc3cccc(C(F)(F)F)c3)C2)cc1. The van der Waals surface area contributed by atoms with E-state index in [1.807, 2.05) is 0 Å². The van der Waals surface area contributed by atoms with E-state index < -0.39 is 17.7 Å². The molecule has 1 N–H and O–H groups in total. The van der Waals surface area contributed by atoms with Crippen LogP contribution in [0.25, 0.3) is 0 Å². The van der Waals surface area contributed by atoms with Gasteiger partial charge in [-0.3, -0.25) is 14.4 Å². The van der Waals surface area contributed by atoms with Crippen molar-refractivity contribution in [2.45, 2.75) is 19.1 Å². The van der Waals surface area contributed by atoms with Crippen LogP contribution in [-0.2, 0) is 27.1 Å². The lowest BCUT2D eigenvalue weighted by Gasteiger charge is -2.18. The third-order valence-corrected chi connectivity index (χ3v) is 5.20. The second-order valence-corrected chi connectivity index (χ2v) is 7.96. The molecule has 33 heavy (non-hydrogen) atoms. The smallest absolute Gasteiger partial charge is 0.416 e. The zero-order chi connectivity index (χ0) is 24.2. The summed E-state index contributed by atoms with van der Waals surface area (Å²) in [6.45, 7) is 0.0175. The van der Waals surface area contributed by atoms with Gasteiger partial charge in [0.15, 0.2) is 6.61 Å². The van der Waals surface area contributed by atoms with Crippen LogP contribution in [0.2, 0.25) is 0 Å². The van der Waals surface area contributed by atoms with Crippen molar-refractivity contribution in [1.29, 1.82) is 0 Å². The third-order valence-electron chi connectivity index (χ3n) is 5.20. The van der Waals surface area contributed by atoms with Crippen LogP contribution in [0.1, 0.15) is 17.5 Å². The van der Waals surface area contributed by atoms with E-state index in [0.717, 1.165) is 12.1 Å². The number of nitrogens with zero attached hydrogens (tertiary/aromatic N) is 2. The Morgan fingerprint density at radius 3 is 2.48 bits per heavy atom. The number of alkyl halides is 3.